The van der Waals surface area contributed by atoms with E-state index in [4.69, 9.17) is 4.74 Å². The summed E-state index contributed by atoms with van der Waals surface area (Å²) in [6.45, 7) is 4.04. The lowest BCUT2D eigenvalue weighted by Gasteiger charge is -2.21. The largest absolute Gasteiger partial charge is 0.507 e. The molecule has 2 N–H and O–H groups in total. The molecule has 1 amide bonds. The molecule has 1 aromatic carbocycles. The number of carbonyl (C=O) groups is 1. The van der Waals surface area contributed by atoms with Crippen LogP contribution in [0.1, 0.15) is 21.5 Å². The molecule has 2 unspecified atom stereocenters. The molecule has 24 heavy (non-hydrogen) atoms. The Balaban J connectivity index is 2.11. The molecule has 0 saturated carbocycles. The Morgan fingerprint density at radius 3 is 2.42 bits per heavy atom. The van der Waals surface area contributed by atoms with Gasteiger partial charge in [-0.25, -0.2) is 12.7 Å². The summed E-state index contributed by atoms with van der Waals surface area (Å²) < 4.78 is 30.6. The number of nitrogens with one attached hydrogen (secondary N) is 1. The summed E-state index contributed by atoms with van der Waals surface area (Å²) in [5.41, 5.74) is 1.67. The van der Waals surface area contributed by atoms with Gasteiger partial charge in [0.15, 0.2) is 0 Å². The van der Waals surface area contributed by atoms with E-state index < -0.39 is 10.0 Å². The first-order chi connectivity index (χ1) is 11.1. The zero-order chi connectivity index (χ0) is 18.1. The van der Waals surface area contributed by atoms with E-state index in [-0.39, 0.29) is 36.0 Å². The number of benzene rings is 1. The Kier molecular flexibility index (Phi) is 5.52. The van der Waals surface area contributed by atoms with Crippen LogP contribution >= 0.6 is 0 Å². The molecule has 134 valence electrons. The third kappa shape index (κ3) is 4.06. The van der Waals surface area contributed by atoms with Gasteiger partial charge in [-0.15, -0.1) is 0 Å². The number of ether oxygens (including phenoxy) is 1. The summed E-state index contributed by atoms with van der Waals surface area (Å²) in [5, 5.41) is 12.6. The monoisotopic (exact) mass is 356 g/mol. The Hall–Kier alpha value is -1.64. The summed E-state index contributed by atoms with van der Waals surface area (Å²) in [7, 11) is -0.391. The zero-order valence-corrected chi connectivity index (χ0v) is 15.2. The number of hydrogen-bond donors (Lipinski definition) is 2. The fourth-order valence-electron chi connectivity index (χ4n) is 2.68. The van der Waals surface area contributed by atoms with Crippen LogP contribution < -0.4 is 5.32 Å². The minimum absolute atomic E-state index is 0.0709. The fraction of sp³-hybridized carbons (Fsp3) is 0.562. The van der Waals surface area contributed by atoms with Crippen molar-refractivity contribution in [3.63, 3.8) is 0 Å². The van der Waals surface area contributed by atoms with Crippen LogP contribution in [-0.2, 0) is 14.8 Å². The minimum atomic E-state index is -3.37. The van der Waals surface area contributed by atoms with Gasteiger partial charge in [0.2, 0.25) is 10.0 Å². The van der Waals surface area contributed by atoms with E-state index in [0.717, 1.165) is 0 Å². The third-order valence-electron chi connectivity index (χ3n) is 4.25. The lowest BCUT2D eigenvalue weighted by atomic mass is 10.0. The van der Waals surface area contributed by atoms with E-state index in [1.807, 2.05) is 0 Å². The summed E-state index contributed by atoms with van der Waals surface area (Å²) in [4.78, 5) is 12.5. The summed E-state index contributed by atoms with van der Waals surface area (Å²) in [5.74, 6) is -0.492. The summed E-state index contributed by atoms with van der Waals surface area (Å²) in [6.07, 6.45) is 0. The van der Waals surface area contributed by atoms with E-state index in [2.05, 4.69) is 5.32 Å². The van der Waals surface area contributed by atoms with Gasteiger partial charge in [-0.3, -0.25) is 4.79 Å². The first-order valence-electron chi connectivity index (χ1n) is 7.71. The molecule has 1 aromatic rings. The van der Waals surface area contributed by atoms with Crippen LogP contribution in [0.25, 0.3) is 0 Å². The molecular formula is C16H24N2O5S. The van der Waals surface area contributed by atoms with E-state index in [9.17, 15) is 18.3 Å². The molecule has 0 radical (unpaired) electrons. The average molecular weight is 356 g/mol. The standard InChI is InChI=1S/C16H24N2O5S/c1-10-5-12(6-11(2)15(10)19)16(20)17-14-8-23-7-13(14)9-24(21,22)18(3)4/h5-6,13-14,19H,7-9H2,1-4H3,(H,17,20). The highest BCUT2D eigenvalue weighted by molar-refractivity contribution is 7.89. The van der Waals surface area contributed by atoms with Crippen LogP contribution in [0.5, 0.6) is 5.75 Å². The van der Waals surface area contributed by atoms with E-state index in [1.54, 1.807) is 26.0 Å². The number of nitrogens with zero attached hydrogens (tertiary/aromatic N) is 1. The van der Waals surface area contributed by atoms with Crippen molar-refractivity contribution in [2.75, 3.05) is 33.1 Å². The molecule has 1 saturated heterocycles. The quantitative estimate of drug-likeness (QED) is 0.807. The van der Waals surface area contributed by atoms with Gasteiger partial charge in [-0.2, -0.15) is 0 Å². The highest BCUT2D eigenvalue weighted by atomic mass is 32.2. The second-order valence-electron chi connectivity index (χ2n) is 6.40. The predicted molar refractivity (Wildman–Crippen MR) is 90.6 cm³/mol. The van der Waals surface area contributed by atoms with E-state index in [0.29, 0.717) is 23.3 Å². The lowest BCUT2D eigenvalue weighted by Crippen LogP contribution is -2.43. The molecule has 1 fully saturated rings. The first kappa shape index (κ1) is 18.7. The Labute approximate surface area is 142 Å². The lowest BCUT2D eigenvalue weighted by molar-refractivity contribution is 0.0926. The average Bonchev–Trinajstić information content (AvgIpc) is 2.90. The van der Waals surface area contributed by atoms with Crippen LogP contribution in [-0.4, -0.2) is 62.8 Å². The Morgan fingerprint density at radius 2 is 1.88 bits per heavy atom. The van der Waals surface area contributed by atoms with Gasteiger partial charge >= 0.3 is 0 Å². The maximum Gasteiger partial charge on any atom is 0.251 e. The predicted octanol–water partition coefficient (Wildman–Crippen LogP) is 0.645. The van der Waals surface area contributed by atoms with Gasteiger partial charge < -0.3 is 15.2 Å². The summed E-state index contributed by atoms with van der Waals surface area (Å²) >= 11 is 0. The van der Waals surface area contributed by atoms with Gasteiger partial charge in [0.25, 0.3) is 5.91 Å². The van der Waals surface area contributed by atoms with Crippen molar-refractivity contribution in [3.8, 4) is 5.75 Å². The Bertz CT molecular complexity index is 707. The van der Waals surface area contributed by atoms with Gasteiger partial charge in [-0.1, -0.05) is 0 Å². The molecular weight excluding hydrogens is 332 g/mol. The molecule has 1 aliphatic rings. The van der Waals surface area contributed by atoms with E-state index >= 15 is 0 Å². The van der Waals surface area contributed by atoms with Gasteiger partial charge in [-0.05, 0) is 37.1 Å². The topological polar surface area (TPSA) is 95.9 Å². The molecule has 1 aliphatic heterocycles. The maximum absolute atomic E-state index is 12.5. The molecule has 1 heterocycles. The number of amides is 1. The molecule has 0 spiro atoms. The number of hydrogen-bond acceptors (Lipinski definition) is 5. The zero-order valence-electron chi connectivity index (χ0n) is 14.4. The van der Waals surface area contributed by atoms with Gasteiger partial charge in [0.1, 0.15) is 5.75 Å². The van der Waals surface area contributed by atoms with Crippen molar-refractivity contribution in [2.24, 2.45) is 5.92 Å². The Morgan fingerprint density at radius 1 is 1.29 bits per heavy atom. The van der Waals surface area contributed by atoms with Crippen molar-refractivity contribution < 1.29 is 23.1 Å². The van der Waals surface area contributed by atoms with Crippen LogP contribution in [0.4, 0.5) is 0 Å². The molecule has 0 bridgehead atoms. The highest BCUT2D eigenvalue weighted by Gasteiger charge is 2.34. The number of phenolic OH excluding ortho intramolecular Hbond substituents is 1. The number of rotatable bonds is 5. The molecule has 8 heteroatoms. The van der Waals surface area contributed by atoms with Gasteiger partial charge in [0.05, 0.1) is 25.0 Å². The van der Waals surface area contributed by atoms with Crippen LogP contribution in [0.3, 0.4) is 0 Å². The van der Waals surface area contributed by atoms with Crippen molar-refractivity contribution in [3.05, 3.63) is 28.8 Å². The number of aromatic hydroxyl groups is 1. The van der Waals surface area contributed by atoms with Crippen molar-refractivity contribution in [2.45, 2.75) is 19.9 Å². The third-order valence-corrected chi connectivity index (χ3v) is 6.21. The van der Waals surface area contributed by atoms with E-state index in [1.165, 1.54) is 18.4 Å². The maximum atomic E-state index is 12.5. The second-order valence-corrected chi connectivity index (χ2v) is 8.62. The normalized spacial score (nSPS) is 21.2. The van der Waals surface area contributed by atoms with Crippen molar-refractivity contribution in [1.82, 2.24) is 9.62 Å². The number of aryl methyl sites for hydroxylation is 2. The highest BCUT2D eigenvalue weighted by Crippen LogP contribution is 2.23. The van der Waals surface area contributed by atoms with Gasteiger partial charge in [0, 0.05) is 25.6 Å². The second kappa shape index (κ2) is 7.08. The van der Waals surface area contributed by atoms with Crippen molar-refractivity contribution in [1.29, 1.82) is 0 Å². The molecule has 2 rings (SSSR count). The minimum Gasteiger partial charge on any atom is -0.507 e. The van der Waals surface area contributed by atoms with Crippen LogP contribution in [0.2, 0.25) is 0 Å². The van der Waals surface area contributed by atoms with Crippen molar-refractivity contribution >= 4 is 15.9 Å². The number of sulfonamides is 1. The van der Waals surface area contributed by atoms with Crippen LogP contribution in [0, 0.1) is 19.8 Å². The molecule has 2 atom stereocenters. The smallest absolute Gasteiger partial charge is 0.251 e. The molecule has 0 aromatic heterocycles. The number of carbonyl (C=O) groups excluding carboxylic acids is 1. The number of phenols is 1. The summed E-state index contributed by atoms with van der Waals surface area (Å²) in [6, 6.07) is 2.86. The first-order valence-corrected chi connectivity index (χ1v) is 9.31. The van der Waals surface area contributed by atoms with Crippen LogP contribution in [0.15, 0.2) is 12.1 Å². The fourth-order valence-corrected chi connectivity index (χ4v) is 3.85. The molecule has 0 aliphatic carbocycles. The molecule has 7 nitrogen and oxygen atoms in total. The SMILES string of the molecule is Cc1cc(C(=O)NC2COCC2CS(=O)(=O)N(C)C)cc(C)c1O.